The molecule has 0 unspecified atom stereocenters. The van der Waals surface area contributed by atoms with Crippen LogP contribution >= 0.6 is 0 Å². The molecule has 2 aromatic carbocycles. The maximum absolute atomic E-state index is 12.6. The molecule has 8 heteroatoms. The molecular weight excluding hydrogens is 378 g/mol. The Bertz CT molecular complexity index is 1140. The van der Waals surface area contributed by atoms with E-state index in [1.165, 1.54) is 9.71 Å². The van der Waals surface area contributed by atoms with E-state index in [4.69, 9.17) is 4.42 Å². The number of fused-ring (bicyclic) bond motifs is 1. The average molecular weight is 400 g/mol. The zero-order valence-corrected chi connectivity index (χ0v) is 16.1. The summed E-state index contributed by atoms with van der Waals surface area (Å²) in [7, 11) is -3.46. The number of nitrogens with zero attached hydrogens (tertiary/aromatic N) is 2. The molecule has 0 saturated carbocycles. The van der Waals surface area contributed by atoms with Gasteiger partial charge in [-0.25, -0.2) is 17.8 Å². The number of para-hydroxylation sites is 2. The van der Waals surface area contributed by atoms with Gasteiger partial charge in [0.05, 0.1) is 31.7 Å². The van der Waals surface area contributed by atoms with Crippen molar-refractivity contribution < 1.29 is 17.7 Å². The second-order valence-electron chi connectivity index (χ2n) is 6.83. The van der Waals surface area contributed by atoms with Crippen molar-refractivity contribution in [2.24, 2.45) is 0 Å². The smallest absolute Gasteiger partial charge is 0.408 e. The van der Waals surface area contributed by atoms with E-state index in [2.05, 4.69) is 0 Å². The molecule has 1 saturated heterocycles. The Labute approximate surface area is 163 Å². The van der Waals surface area contributed by atoms with Crippen molar-refractivity contribution in [2.75, 3.05) is 26.2 Å². The highest BCUT2D eigenvalue weighted by molar-refractivity contribution is 7.92. The summed E-state index contributed by atoms with van der Waals surface area (Å²) in [5.41, 5.74) is 2.18. The summed E-state index contributed by atoms with van der Waals surface area (Å²) in [6.07, 6.45) is 1.62. The SMILES string of the molecule is O=c1oc2ccccc2n1C[NH+]1CCN(S(=O)(=O)/C=C/c2ccccc2)CC1. The highest BCUT2D eigenvalue weighted by Crippen LogP contribution is 2.11. The summed E-state index contributed by atoms with van der Waals surface area (Å²) in [4.78, 5) is 13.3. The molecule has 4 rings (SSSR count). The predicted octanol–water partition coefficient (Wildman–Crippen LogP) is 0.753. The number of benzene rings is 2. The third kappa shape index (κ3) is 3.94. The average Bonchev–Trinajstić information content (AvgIpc) is 3.03. The molecule has 1 aliphatic rings. The molecule has 0 aliphatic carbocycles. The summed E-state index contributed by atoms with van der Waals surface area (Å²) in [5.74, 6) is -0.380. The number of hydrogen-bond acceptors (Lipinski definition) is 4. The molecule has 0 amide bonds. The van der Waals surface area contributed by atoms with Crippen LogP contribution < -0.4 is 10.7 Å². The van der Waals surface area contributed by atoms with Gasteiger partial charge in [-0.3, -0.25) is 0 Å². The number of rotatable bonds is 5. The van der Waals surface area contributed by atoms with Gasteiger partial charge < -0.3 is 9.32 Å². The van der Waals surface area contributed by atoms with E-state index in [0.29, 0.717) is 38.4 Å². The van der Waals surface area contributed by atoms with Crippen LogP contribution in [-0.2, 0) is 16.7 Å². The standard InChI is InChI=1S/C20H21N3O4S/c24-20-23(18-8-4-5-9-19(18)27-20)16-21-11-13-22(14-12-21)28(25,26)15-10-17-6-2-1-3-7-17/h1-10,15H,11-14,16H2/p+1/b15-10+. The summed E-state index contributed by atoms with van der Waals surface area (Å²) >= 11 is 0. The van der Waals surface area contributed by atoms with E-state index in [1.807, 2.05) is 48.5 Å². The summed E-state index contributed by atoms with van der Waals surface area (Å²) in [5, 5.41) is 1.27. The van der Waals surface area contributed by atoms with Gasteiger partial charge in [0.1, 0.15) is 0 Å². The first-order chi connectivity index (χ1) is 13.5. The van der Waals surface area contributed by atoms with Crippen LogP contribution in [0.25, 0.3) is 17.2 Å². The molecule has 146 valence electrons. The molecule has 1 aliphatic heterocycles. The lowest BCUT2D eigenvalue weighted by Gasteiger charge is -2.30. The number of oxazole rings is 1. The minimum Gasteiger partial charge on any atom is -0.408 e. The van der Waals surface area contributed by atoms with Crippen LogP contribution in [0.1, 0.15) is 5.56 Å². The quantitative estimate of drug-likeness (QED) is 0.686. The molecule has 3 aromatic rings. The van der Waals surface area contributed by atoms with Crippen molar-refractivity contribution in [3.8, 4) is 0 Å². The van der Waals surface area contributed by atoms with E-state index in [1.54, 1.807) is 16.7 Å². The molecular formula is C20H22N3O4S+. The largest absolute Gasteiger partial charge is 0.424 e. The Morgan fingerprint density at radius 2 is 1.68 bits per heavy atom. The highest BCUT2D eigenvalue weighted by Gasteiger charge is 2.28. The third-order valence-corrected chi connectivity index (χ3v) is 6.54. The van der Waals surface area contributed by atoms with E-state index >= 15 is 0 Å². The molecule has 7 nitrogen and oxygen atoms in total. The number of nitrogens with one attached hydrogen (secondary N) is 1. The Balaban J connectivity index is 1.41. The number of sulfonamides is 1. The van der Waals surface area contributed by atoms with Crippen LogP contribution in [0.3, 0.4) is 0 Å². The highest BCUT2D eigenvalue weighted by atomic mass is 32.2. The van der Waals surface area contributed by atoms with Gasteiger partial charge >= 0.3 is 5.76 Å². The van der Waals surface area contributed by atoms with Gasteiger partial charge in [0.2, 0.25) is 10.0 Å². The van der Waals surface area contributed by atoms with Gasteiger partial charge in [0.25, 0.3) is 0 Å². The van der Waals surface area contributed by atoms with Crippen molar-refractivity contribution in [3.63, 3.8) is 0 Å². The molecule has 1 N–H and O–H groups in total. The second-order valence-corrected chi connectivity index (χ2v) is 8.65. The van der Waals surface area contributed by atoms with E-state index in [0.717, 1.165) is 16.0 Å². The van der Waals surface area contributed by atoms with Crippen LogP contribution in [0.4, 0.5) is 0 Å². The minimum absolute atomic E-state index is 0.380. The molecule has 1 fully saturated rings. The van der Waals surface area contributed by atoms with Crippen LogP contribution in [0.5, 0.6) is 0 Å². The molecule has 28 heavy (non-hydrogen) atoms. The molecule has 0 spiro atoms. The first kappa shape index (κ1) is 18.7. The van der Waals surface area contributed by atoms with Gasteiger partial charge in [0, 0.05) is 5.41 Å². The predicted molar refractivity (Wildman–Crippen MR) is 107 cm³/mol. The first-order valence-electron chi connectivity index (χ1n) is 9.18. The molecule has 1 aromatic heterocycles. The molecule has 2 heterocycles. The second kappa shape index (κ2) is 7.75. The van der Waals surface area contributed by atoms with Gasteiger partial charge in [0.15, 0.2) is 12.3 Å². The zero-order chi connectivity index (χ0) is 19.6. The number of quaternary nitrogens is 1. The van der Waals surface area contributed by atoms with Crippen LogP contribution in [0.2, 0.25) is 0 Å². The van der Waals surface area contributed by atoms with Gasteiger partial charge in [-0.1, -0.05) is 42.5 Å². The first-order valence-corrected chi connectivity index (χ1v) is 10.7. The normalized spacial score (nSPS) is 16.9. The molecule has 0 atom stereocenters. The van der Waals surface area contributed by atoms with Crippen LogP contribution in [-0.4, -0.2) is 43.5 Å². The Kier molecular flexibility index (Phi) is 5.17. The summed E-state index contributed by atoms with van der Waals surface area (Å²) < 4.78 is 33.5. The summed E-state index contributed by atoms with van der Waals surface area (Å²) in [6, 6.07) is 16.7. The van der Waals surface area contributed by atoms with Crippen molar-refractivity contribution in [1.82, 2.24) is 8.87 Å². The Morgan fingerprint density at radius 3 is 2.43 bits per heavy atom. The molecule has 0 radical (unpaired) electrons. The molecule has 0 bridgehead atoms. The Hall–Kier alpha value is -2.68. The topological polar surface area (TPSA) is 77.0 Å². The van der Waals surface area contributed by atoms with E-state index in [-0.39, 0.29) is 5.76 Å². The lowest BCUT2D eigenvalue weighted by Crippen LogP contribution is -3.14. The lowest BCUT2D eigenvalue weighted by molar-refractivity contribution is -0.926. The lowest BCUT2D eigenvalue weighted by atomic mass is 10.2. The van der Waals surface area contributed by atoms with Gasteiger partial charge in [-0.05, 0) is 23.8 Å². The zero-order valence-electron chi connectivity index (χ0n) is 15.3. The third-order valence-electron chi connectivity index (χ3n) is 4.98. The Morgan fingerprint density at radius 1 is 1.00 bits per heavy atom. The van der Waals surface area contributed by atoms with E-state index in [9.17, 15) is 13.2 Å². The summed E-state index contributed by atoms with van der Waals surface area (Å²) in [6.45, 7) is 2.56. The maximum Gasteiger partial charge on any atom is 0.424 e. The van der Waals surface area contributed by atoms with Crippen LogP contribution in [0, 0.1) is 0 Å². The van der Waals surface area contributed by atoms with Gasteiger partial charge in [-0.15, -0.1) is 0 Å². The monoisotopic (exact) mass is 400 g/mol. The van der Waals surface area contributed by atoms with Crippen molar-refractivity contribution in [2.45, 2.75) is 6.67 Å². The van der Waals surface area contributed by atoms with Gasteiger partial charge in [-0.2, -0.15) is 4.31 Å². The van der Waals surface area contributed by atoms with Crippen molar-refractivity contribution in [1.29, 1.82) is 0 Å². The number of aromatic nitrogens is 1. The number of piperazine rings is 1. The maximum atomic E-state index is 12.6. The fraction of sp³-hybridized carbons (Fsp3) is 0.250. The van der Waals surface area contributed by atoms with Crippen LogP contribution in [0.15, 0.2) is 69.2 Å². The van der Waals surface area contributed by atoms with Crippen molar-refractivity contribution >= 4 is 27.2 Å². The van der Waals surface area contributed by atoms with E-state index < -0.39 is 10.0 Å². The number of hydrogen-bond donors (Lipinski definition) is 1. The minimum atomic E-state index is -3.46. The van der Waals surface area contributed by atoms with Crippen molar-refractivity contribution in [3.05, 3.63) is 76.1 Å². The fourth-order valence-electron chi connectivity index (χ4n) is 3.42. The fourth-order valence-corrected chi connectivity index (χ4v) is 4.61.